The second kappa shape index (κ2) is 6.86. The zero-order valence-electron chi connectivity index (χ0n) is 12.6. The van der Waals surface area contributed by atoms with E-state index in [0.717, 1.165) is 28.4 Å². The zero-order valence-corrected chi connectivity index (χ0v) is 13.4. The van der Waals surface area contributed by atoms with Gasteiger partial charge in [-0.2, -0.15) is 0 Å². The Balaban J connectivity index is 2.41. The first-order valence-electron chi connectivity index (χ1n) is 7.08. The number of hydrogen-bond donors (Lipinski definition) is 1. The SMILES string of the molecule is CCOc1ccc(CC)cc1-c1csc(C(C)NC)n1. The van der Waals surface area contributed by atoms with Gasteiger partial charge in [0.1, 0.15) is 10.8 Å². The maximum absolute atomic E-state index is 5.74. The van der Waals surface area contributed by atoms with Crippen LogP contribution < -0.4 is 10.1 Å². The van der Waals surface area contributed by atoms with E-state index < -0.39 is 0 Å². The third-order valence-corrected chi connectivity index (χ3v) is 4.38. The van der Waals surface area contributed by atoms with E-state index in [2.05, 4.69) is 42.7 Å². The minimum Gasteiger partial charge on any atom is -0.493 e. The number of benzene rings is 1. The molecule has 0 amide bonds. The molecule has 0 fully saturated rings. The Morgan fingerprint density at radius 3 is 2.80 bits per heavy atom. The molecule has 0 saturated heterocycles. The van der Waals surface area contributed by atoms with Crippen molar-refractivity contribution in [1.82, 2.24) is 10.3 Å². The van der Waals surface area contributed by atoms with E-state index in [1.54, 1.807) is 11.3 Å². The normalized spacial score (nSPS) is 12.4. The van der Waals surface area contributed by atoms with Crippen LogP contribution in [0.1, 0.15) is 37.4 Å². The fourth-order valence-corrected chi connectivity index (χ4v) is 2.90. The van der Waals surface area contributed by atoms with E-state index in [-0.39, 0.29) is 6.04 Å². The third-order valence-electron chi connectivity index (χ3n) is 3.35. The number of ether oxygens (including phenoxy) is 1. The average Bonchev–Trinajstić information content (AvgIpc) is 2.97. The summed E-state index contributed by atoms with van der Waals surface area (Å²) in [5.41, 5.74) is 3.41. The zero-order chi connectivity index (χ0) is 14.5. The lowest BCUT2D eigenvalue weighted by Gasteiger charge is -2.10. The number of aromatic nitrogens is 1. The van der Waals surface area contributed by atoms with Crippen LogP contribution in [0.4, 0.5) is 0 Å². The lowest BCUT2D eigenvalue weighted by atomic mass is 10.1. The Labute approximate surface area is 125 Å². The predicted octanol–water partition coefficient (Wildman–Crippen LogP) is 4.05. The average molecular weight is 290 g/mol. The molecule has 108 valence electrons. The Kier molecular flexibility index (Phi) is 5.15. The topological polar surface area (TPSA) is 34.1 Å². The number of thiazole rings is 1. The first-order chi connectivity index (χ1) is 9.69. The summed E-state index contributed by atoms with van der Waals surface area (Å²) in [7, 11) is 1.95. The van der Waals surface area contributed by atoms with Crippen molar-refractivity contribution in [2.45, 2.75) is 33.2 Å². The van der Waals surface area contributed by atoms with Crippen LogP contribution in [-0.2, 0) is 6.42 Å². The van der Waals surface area contributed by atoms with Gasteiger partial charge in [-0.25, -0.2) is 4.98 Å². The van der Waals surface area contributed by atoms with Crippen molar-refractivity contribution in [2.24, 2.45) is 0 Å². The number of hydrogen-bond acceptors (Lipinski definition) is 4. The standard InChI is InChI=1S/C16H22N2OS/c1-5-12-7-8-15(19-6-2)13(9-12)14-10-20-16(18-14)11(3)17-4/h7-11,17H,5-6H2,1-4H3. The molecule has 1 aromatic carbocycles. The van der Waals surface area contributed by atoms with E-state index in [4.69, 9.17) is 9.72 Å². The van der Waals surface area contributed by atoms with Gasteiger partial charge < -0.3 is 10.1 Å². The van der Waals surface area contributed by atoms with Gasteiger partial charge in [0.15, 0.2) is 0 Å². The fourth-order valence-electron chi connectivity index (χ4n) is 2.01. The van der Waals surface area contributed by atoms with Crippen molar-refractivity contribution in [2.75, 3.05) is 13.7 Å². The highest BCUT2D eigenvalue weighted by molar-refractivity contribution is 7.10. The van der Waals surface area contributed by atoms with Crippen LogP contribution in [0.25, 0.3) is 11.3 Å². The van der Waals surface area contributed by atoms with E-state index in [1.165, 1.54) is 5.56 Å². The van der Waals surface area contributed by atoms with Crippen LogP contribution in [-0.4, -0.2) is 18.6 Å². The summed E-state index contributed by atoms with van der Waals surface area (Å²) in [6, 6.07) is 6.64. The van der Waals surface area contributed by atoms with Gasteiger partial charge in [-0.3, -0.25) is 0 Å². The maximum atomic E-state index is 5.74. The van der Waals surface area contributed by atoms with Crippen LogP contribution in [0, 0.1) is 0 Å². The quantitative estimate of drug-likeness (QED) is 0.871. The Morgan fingerprint density at radius 2 is 2.15 bits per heavy atom. The molecule has 1 N–H and O–H groups in total. The molecule has 0 radical (unpaired) electrons. The molecule has 4 heteroatoms. The second-order valence-electron chi connectivity index (χ2n) is 4.70. The van der Waals surface area contributed by atoms with Crippen molar-refractivity contribution in [3.05, 3.63) is 34.2 Å². The van der Waals surface area contributed by atoms with Crippen LogP contribution in [0.2, 0.25) is 0 Å². The van der Waals surface area contributed by atoms with Crippen molar-refractivity contribution >= 4 is 11.3 Å². The minimum absolute atomic E-state index is 0.277. The Bertz CT molecular complexity index is 565. The first kappa shape index (κ1) is 15.0. The number of rotatable bonds is 6. The van der Waals surface area contributed by atoms with Gasteiger partial charge in [0.2, 0.25) is 0 Å². The smallest absolute Gasteiger partial charge is 0.128 e. The molecule has 0 bridgehead atoms. The molecule has 2 aromatic rings. The van der Waals surface area contributed by atoms with Gasteiger partial charge in [-0.1, -0.05) is 13.0 Å². The summed E-state index contributed by atoms with van der Waals surface area (Å²) >= 11 is 1.69. The molecule has 2 rings (SSSR count). The highest BCUT2D eigenvalue weighted by Gasteiger charge is 2.13. The van der Waals surface area contributed by atoms with Gasteiger partial charge in [0.05, 0.1) is 18.3 Å². The molecule has 1 atom stereocenters. The monoisotopic (exact) mass is 290 g/mol. The first-order valence-corrected chi connectivity index (χ1v) is 7.96. The van der Waals surface area contributed by atoms with Crippen molar-refractivity contribution < 1.29 is 4.74 Å². The summed E-state index contributed by atoms with van der Waals surface area (Å²) in [4.78, 5) is 4.75. The number of nitrogens with zero attached hydrogens (tertiary/aromatic N) is 1. The molecule has 0 aliphatic carbocycles. The second-order valence-corrected chi connectivity index (χ2v) is 5.59. The lowest BCUT2D eigenvalue weighted by molar-refractivity contribution is 0.341. The van der Waals surface area contributed by atoms with Gasteiger partial charge in [0, 0.05) is 10.9 Å². The number of nitrogens with one attached hydrogen (secondary N) is 1. The summed E-state index contributed by atoms with van der Waals surface area (Å²) in [6.45, 7) is 6.96. The molecule has 0 aliphatic heterocycles. The summed E-state index contributed by atoms with van der Waals surface area (Å²) < 4.78 is 5.74. The van der Waals surface area contributed by atoms with Crippen LogP contribution in [0.3, 0.4) is 0 Å². The third kappa shape index (κ3) is 3.19. The highest BCUT2D eigenvalue weighted by atomic mass is 32.1. The molecule has 0 spiro atoms. The molecule has 0 saturated carbocycles. The highest BCUT2D eigenvalue weighted by Crippen LogP contribution is 2.33. The maximum Gasteiger partial charge on any atom is 0.128 e. The van der Waals surface area contributed by atoms with E-state index in [1.807, 2.05) is 14.0 Å². The van der Waals surface area contributed by atoms with Gasteiger partial charge in [-0.05, 0) is 45.0 Å². The van der Waals surface area contributed by atoms with Crippen LogP contribution in [0.5, 0.6) is 5.75 Å². The summed E-state index contributed by atoms with van der Waals surface area (Å²) in [5.74, 6) is 0.915. The molecule has 1 heterocycles. The van der Waals surface area contributed by atoms with E-state index in [0.29, 0.717) is 6.61 Å². The van der Waals surface area contributed by atoms with E-state index in [9.17, 15) is 0 Å². The summed E-state index contributed by atoms with van der Waals surface area (Å²) in [6.07, 6.45) is 1.02. The molecule has 20 heavy (non-hydrogen) atoms. The van der Waals surface area contributed by atoms with Crippen molar-refractivity contribution in [1.29, 1.82) is 0 Å². The minimum atomic E-state index is 0.277. The van der Waals surface area contributed by atoms with Crippen LogP contribution >= 0.6 is 11.3 Å². The molecular weight excluding hydrogens is 268 g/mol. The fraction of sp³-hybridized carbons (Fsp3) is 0.438. The number of aryl methyl sites for hydroxylation is 1. The lowest BCUT2D eigenvalue weighted by Crippen LogP contribution is -2.11. The molecule has 1 unspecified atom stereocenters. The van der Waals surface area contributed by atoms with Crippen LogP contribution in [0.15, 0.2) is 23.6 Å². The largest absolute Gasteiger partial charge is 0.493 e. The van der Waals surface area contributed by atoms with Crippen molar-refractivity contribution in [3.63, 3.8) is 0 Å². The van der Waals surface area contributed by atoms with Gasteiger partial charge >= 0.3 is 0 Å². The van der Waals surface area contributed by atoms with Gasteiger partial charge in [0.25, 0.3) is 0 Å². The predicted molar refractivity (Wildman–Crippen MR) is 85.6 cm³/mol. The van der Waals surface area contributed by atoms with Gasteiger partial charge in [-0.15, -0.1) is 11.3 Å². The summed E-state index contributed by atoms with van der Waals surface area (Å²) in [5, 5.41) is 6.44. The Morgan fingerprint density at radius 1 is 1.35 bits per heavy atom. The molecule has 0 aliphatic rings. The molecule has 1 aromatic heterocycles. The Hall–Kier alpha value is -1.39. The van der Waals surface area contributed by atoms with E-state index >= 15 is 0 Å². The molecule has 3 nitrogen and oxygen atoms in total. The van der Waals surface area contributed by atoms with Crippen molar-refractivity contribution in [3.8, 4) is 17.0 Å². The molecular formula is C16H22N2OS.